The van der Waals surface area contributed by atoms with Gasteiger partial charge in [0.15, 0.2) is 0 Å². The van der Waals surface area contributed by atoms with E-state index >= 15 is 0 Å². The lowest BCUT2D eigenvalue weighted by molar-refractivity contribution is 0.0746. The minimum Gasteiger partial charge on any atom is -0.378 e. The van der Waals surface area contributed by atoms with E-state index in [9.17, 15) is 14.4 Å². The molecule has 2 heterocycles. The SMILES string of the molecule is COCc1nc(CC#N)nc(N2CCN(C(=O)c3ccccc3Cl)CC2)c1Cc1ccccc1F. The van der Waals surface area contributed by atoms with E-state index in [1.807, 2.05) is 0 Å². The van der Waals surface area contributed by atoms with Crippen LogP contribution in [0.15, 0.2) is 48.5 Å². The first-order valence-corrected chi connectivity index (χ1v) is 11.7. The van der Waals surface area contributed by atoms with Crippen LogP contribution in [0.2, 0.25) is 5.02 Å². The monoisotopic (exact) mass is 493 g/mol. The molecular formula is C26H25ClFN5O2. The van der Waals surface area contributed by atoms with E-state index in [1.54, 1.807) is 54.5 Å². The molecule has 180 valence electrons. The molecule has 1 aliphatic heterocycles. The highest BCUT2D eigenvalue weighted by atomic mass is 35.5. The maximum Gasteiger partial charge on any atom is 0.255 e. The van der Waals surface area contributed by atoms with Gasteiger partial charge < -0.3 is 14.5 Å². The summed E-state index contributed by atoms with van der Waals surface area (Å²) in [7, 11) is 1.57. The number of nitrogens with zero attached hydrogens (tertiary/aromatic N) is 5. The summed E-state index contributed by atoms with van der Waals surface area (Å²) in [4.78, 5) is 26.0. The number of nitriles is 1. The molecule has 0 aliphatic carbocycles. The van der Waals surface area contributed by atoms with Crippen molar-refractivity contribution < 1.29 is 13.9 Å². The maximum atomic E-state index is 14.5. The molecule has 35 heavy (non-hydrogen) atoms. The molecule has 4 rings (SSSR count). The molecule has 2 aromatic carbocycles. The summed E-state index contributed by atoms with van der Waals surface area (Å²) in [5.74, 6) is 0.611. The zero-order chi connectivity index (χ0) is 24.8. The Morgan fingerprint density at radius 2 is 1.83 bits per heavy atom. The average molecular weight is 494 g/mol. The molecule has 0 saturated carbocycles. The predicted molar refractivity (Wildman–Crippen MR) is 131 cm³/mol. The maximum absolute atomic E-state index is 14.5. The second-order valence-electron chi connectivity index (χ2n) is 8.18. The summed E-state index contributed by atoms with van der Waals surface area (Å²) in [5.41, 5.74) is 2.38. The van der Waals surface area contributed by atoms with Crippen molar-refractivity contribution in [1.82, 2.24) is 14.9 Å². The van der Waals surface area contributed by atoms with Crippen LogP contribution in [0.5, 0.6) is 0 Å². The number of carbonyl (C=O) groups excluding carboxylic acids is 1. The normalized spacial score (nSPS) is 13.5. The third kappa shape index (κ3) is 5.59. The van der Waals surface area contributed by atoms with Gasteiger partial charge in [-0.15, -0.1) is 0 Å². The van der Waals surface area contributed by atoms with Crippen LogP contribution in [-0.2, 0) is 24.2 Å². The van der Waals surface area contributed by atoms with Gasteiger partial charge in [-0.25, -0.2) is 14.4 Å². The summed E-state index contributed by atoms with van der Waals surface area (Å²) >= 11 is 6.22. The summed E-state index contributed by atoms with van der Waals surface area (Å²) in [5, 5.41) is 9.65. The van der Waals surface area contributed by atoms with Crippen molar-refractivity contribution in [3.05, 3.63) is 87.6 Å². The van der Waals surface area contributed by atoms with Crippen molar-refractivity contribution in [2.75, 3.05) is 38.2 Å². The van der Waals surface area contributed by atoms with Gasteiger partial charge in [0.1, 0.15) is 17.5 Å². The number of ether oxygens (including phenoxy) is 1. The molecule has 9 heteroatoms. The quantitative estimate of drug-likeness (QED) is 0.494. The number of halogens is 2. The van der Waals surface area contributed by atoms with E-state index in [0.717, 1.165) is 5.56 Å². The standard InChI is InChI=1S/C26H25ClFN5O2/c1-35-17-23-20(16-18-6-2-5-9-22(18)28)25(31-24(30-23)10-11-29)32-12-14-33(15-13-32)26(34)19-7-3-4-8-21(19)27/h2-9H,10,12-17H2,1H3. The molecule has 0 spiro atoms. The van der Waals surface area contributed by atoms with Gasteiger partial charge in [-0.2, -0.15) is 5.26 Å². The molecule has 3 aromatic rings. The van der Waals surface area contributed by atoms with Gasteiger partial charge in [-0.3, -0.25) is 4.79 Å². The van der Waals surface area contributed by atoms with Gasteiger partial charge in [0.2, 0.25) is 0 Å². The van der Waals surface area contributed by atoms with E-state index in [1.165, 1.54) is 6.07 Å². The van der Waals surface area contributed by atoms with E-state index in [0.29, 0.717) is 59.7 Å². The molecule has 0 radical (unpaired) electrons. The first kappa shape index (κ1) is 24.6. The van der Waals surface area contributed by atoms with Crippen LogP contribution in [0, 0.1) is 17.1 Å². The molecule has 0 unspecified atom stereocenters. The second kappa shape index (κ2) is 11.3. The van der Waals surface area contributed by atoms with Crippen molar-refractivity contribution in [3.8, 4) is 6.07 Å². The summed E-state index contributed by atoms with van der Waals surface area (Å²) in [6.07, 6.45) is 0.334. The lowest BCUT2D eigenvalue weighted by Gasteiger charge is -2.36. The van der Waals surface area contributed by atoms with Gasteiger partial charge in [0.05, 0.1) is 35.4 Å². The zero-order valence-electron chi connectivity index (χ0n) is 19.4. The first-order valence-electron chi connectivity index (χ1n) is 11.3. The highest BCUT2D eigenvalue weighted by Gasteiger charge is 2.27. The Labute approximate surface area is 208 Å². The van der Waals surface area contributed by atoms with Crippen molar-refractivity contribution in [2.24, 2.45) is 0 Å². The predicted octanol–water partition coefficient (Wildman–Crippen LogP) is 4.03. The minimum atomic E-state index is -0.307. The van der Waals surface area contributed by atoms with Crippen LogP contribution in [0.3, 0.4) is 0 Å². The molecule has 1 amide bonds. The molecule has 1 aliphatic rings. The smallest absolute Gasteiger partial charge is 0.255 e. The van der Waals surface area contributed by atoms with Gasteiger partial charge in [-0.05, 0) is 23.8 Å². The Kier molecular flexibility index (Phi) is 7.91. The third-order valence-electron chi connectivity index (χ3n) is 5.93. The van der Waals surface area contributed by atoms with E-state index in [2.05, 4.69) is 20.9 Å². The number of methoxy groups -OCH3 is 1. The molecule has 0 N–H and O–H groups in total. The highest BCUT2D eigenvalue weighted by molar-refractivity contribution is 6.33. The number of rotatable bonds is 7. The summed E-state index contributed by atoms with van der Waals surface area (Å²) in [6.45, 7) is 2.20. The zero-order valence-corrected chi connectivity index (χ0v) is 20.1. The number of hydrogen-bond donors (Lipinski definition) is 0. The van der Waals surface area contributed by atoms with Crippen LogP contribution < -0.4 is 4.90 Å². The van der Waals surface area contributed by atoms with Gasteiger partial charge in [-0.1, -0.05) is 41.9 Å². The molecular weight excluding hydrogens is 469 g/mol. The van der Waals surface area contributed by atoms with Gasteiger partial charge in [0, 0.05) is 45.3 Å². The number of hydrogen-bond acceptors (Lipinski definition) is 6. The highest BCUT2D eigenvalue weighted by Crippen LogP contribution is 2.28. The van der Waals surface area contributed by atoms with Crippen molar-refractivity contribution in [1.29, 1.82) is 5.26 Å². The van der Waals surface area contributed by atoms with Crippen LogP contribution in [-0.4, -0.2) is 54.1 Å². The lowest BCUT2D eigenvalue weighted by atomic mass is 10.0. The Balaban J connectivity index is 1.64. The minimum absolute atomic E-state index is 0.0502. The Morgan fingerprint density at radius 3 is 2.51 bits per heavy atom. The topological polar surface area (TPSA) is 82.3 Å². The Morgan fingerprint density at radius 1 is 1.11 bits per heavy atom. The average Bonchev–Trinajstić information content (AvgIpc) is 2.87. The Hall–Kier alpha value is -3.54. The Bertz CT molecular complexity index is 1250. The van der Waals surface area contributed by atoms with Gasteiger partial charge >= 0.3 is 0 Å². The number of benzene rings is 2. The van der Waals surface area contributed by atoms with Crippen molar-refractivity contribution >= 4 is 23.3 Å². The van der Waals surface area contributed by atoms with Gasteiger partial charge in [0.25, 0.3) is 5.91 Å². The molecule has 1 aromatic heterocycles. The van der Waals surface area contributed by atoms with E-state index < -0.39 is 0 Å². The van der Waals surface area contributed by atoms with Crippen LogP contribution in [0.1, 0.15) is 33.0 Å². The number of aromatic nitrogens is 2. The molecule has 1 fully saturated rings. The second-order valence-corrected chi connectivity index (χ2v) is 8.59. The first-order chi connectivity index (χ1) is 17.0. The van der Waals surface area contributed by atoms with Crippen LogP contribution in [0.4, 0.5) is 10.2 Å². The fourth-order valence-corrected chi connectivity index (χ4v) is 4.39. The van der Waals surface area contributed by atoms with Crippen molar-refractivity contribution in [3.63, 3.8) is 0 Å². The largest absolute Gasteiger partial charge is 0.378 e. The number of piperazine rings is 1. The van der Waals surface area contributed by atoms with Crippen molar-refractivity contribution in [2.45, 2.75) is 19.4 Å². The third-order valence-corrected chi connectivity index (χ3v) is 6.26. The molecule has 0 atom stereocenters. The molecule has 0 bridgehead atoms. The van der Waals surface area contributed by atoms with Crippen LogP contribution in [0.25, 0.3) is 0 Å². The number of carbonyl (C=O) groups is 1. The lowest BCUT2D eigenvalue weighted by Crippen LogP contribution is -2.49. The van der Waals surface area contributed by atoms with E-state index in [4.69, 9.17) is 16.3 Å². The molecule has 7 nitrogen and oxygen atoms in total. The fourth-order valence-electron chi connectivity index (χ4n) is 4.17. The summed E-state index contributed by atoms with van der Waals surface area (Å²) < 4.78 is 19.9. The number of amides is 1. The molecule has 1 saturated heterocycles. The van der Waals surface area contributed by atoms with Crippen LogP contribution >= 0.6 is 11.6 Å². The summed E-state index contributed by atoms with van der Waals surface area (Å²) in [6, 6.07) is 15.7. The van der Waals surface area contributed by atoms with E-state index in [-0.39, 0.29) is 31.2 Å². The fraction of sp³-hybridized carbons (Fsp3) is 0.308. The number of anilines is 1.